The van der Waals surface area contributed by atoms with Gasteiger partial charge >= 0.3 is 12.2 Å². The van der Waals surface area contributed by atoms with E-state index in [1.54, 1.807) is 14.0 Å². The highest BCUT2D eigenvalue weighted by Crippen LogP contribution is 2.31. The molecular formula is C34H45F3N6O7S. The van der Waals surface area contributed by atoms with E-state index in [0.29, 0.717) is 19.4 Å². The van der Waals surface area contributed by atoms with Gasteiger partial charge in [0.05, 0.1) is 42.3 Å². The van der Waals surface area contributed by atoms with Crippen LogP contribution < -0.4 is 14.8 Å². The number of anilines is 2. The molecule has 1 aliphatic rings. The van der Waals surface area contributed by atoms with E-state index < -0.39 is 45.8 Å². The minimum absolute atomic E-state index is 0.0816. The summed E-state index contributed by atoms with van der Waals surface area (Å²) in [5, 5.41) is 12.6. The summed E-state index contributed by atoms with van der Waals surface area (Å²) in [4.78, 5) is 34.1. The summed E-state index contributed by atoms with van der Waals surface area (Å²) < 4.78 is 81.5. The van der Waals surface area contributed by atoms with E-state index in [1.165, 1.54) is 64.3 Å². The quantitative estimate of drug-likeness (QED) is 0.285. The van der Waals surface area contributed by atoms with Gasteiger partial charge < -0.3 is 34.3 Å². The van der Waals surface area contributed by atoms with Crippen LogP contribution in [0, 0.1) is 5.92 Å². The average molecular weight is 739 g/mol. The molecule has 4 rings (SSSR count). The lowest BCUT2D eigenvalue weighted by Crippen LogP contribution is -2.48. The van der Waals surface area contributed by atoms with Gasteiger partial charge in [-0.3, -0.25) is 9.52 Å². The first-order valence-electron chi connectivity index (χ1n) is 16.5. The second-order valence-corrected chi connectivity index (χ2v) is 14.5. The minimum Gasteiger partial charge on any atom is -0.490 e. The first-order chi connectivity index (χ1) is 24.0. The number of hydrogen-bond donors (Lipinski definition) is 3. The van der Waals surface area contributed by atoms with Gasteiger partial charge in [-0.15, -0.1) is 0 Å². The molecule has 280 valence electrons. The van der Waals surface area contributed by atoms with E-state index in [9.17, 15) is 36.3 Å². The second-order valence-electron chi connectivity index (χ2n) is 12.9. The molecule has 0 spiro atoms. The van der Waals surface area contributed by atoms with Crippen molar-refractivity contribution in [2.24, 2.45) is 13.0 Å². The van der Waals surface area contributed by atoms with Gasteiger partial charge in [-0.25, -0.2) is 9.78 Å². The molecular weight excluding hydrogens is 693 g/mol. The Labute approximate surface area is 295 Å². The number of carbonyl (C=O) groups is 2. The Morgan fingerprint density at radius 1 is 1.14 bits per heavy atom. The van der Waals surface area contributed by atoms with Gasteiger partial charge in [-0.2, -0.15) is 21.6 Å². The van der Waals surface area contributed by atoms with E-state index in [2.05, 4.69) is 15.0 Å². The number of alkyl halides is 3. The molecule has 3 aromatic rings. The molecule has 2 aromatic carbocycles. The molecule has 3 amide bonds. The number of nitrogens with zero attached hydrogens (tertiary/aromatic N) is 4. The Morgan fingerprint density at radius 2 is 1.82 bits per heavy atom. The molecule has 4 atom stereocenters. The third kappa shape index (κ3) is 10.6. The number of urea groups is 1. The van der Waals surface area contributed by atoms with E-state index in [4.69, 9.17) is 9.47 Å². The molecule has 1 aromatic heterocycles. The first-order valence-corrected chi connectivity index (χ1v) is 18.0. The number of rotatable bonds is 8. The number of aromatic nitrogens is 2. The number of aliphatic hydroxyl groups excluding tert-OH is 1. The van der Waals surface area contributed by atoms with Gasteiger partial charge in [0.25, 0.3) is 15.9 Å². The van der Waals surface area contributed by atoms with Gasteiger partial charge in [-0.1, -0.05) is 6.92 Å². The van der Waals surface area contributed by atoms with E-state index in [-0.39, 0.29) is 59.4 Å². The number of aryl methyl sites for hydroxylation is 1. The van der Waals surface area contributed by atoms with Gasteiger partial charge in [0.15, 0.2) is 5.03 Å². The standard InChI is InChI=1S/C34H45F3N6O7S/c1-22-17-43(23(2)20-44)32(45)28-16-27(40-51(47,48)31-19-41(4)21-38-31)13-14-29(28)50-24(3)8-6-7-15-49-30(22)18-42(5)33(46)39-26-11-9-25(10-12-26)34(35,36)37/h9-14,16,19,21-24,30,40,44H,6-8,15,17-18,20H2,1-5H3,(H,39,46)/t22-,23-,24-,30-/m1/s1. The monoisotopic (exact) mass is 738 g/mol. The summed E-state index contributed by atoms with van der Waals surface area (Å²) in [6.07, 6.45) is -0.673. The lowest BCUT2D eigenvalue weighted by molar-refractivity contribution is -0.137. The Bertz CT molecular complexity index is 1750. The van der Waals surface area contributed by atoms with Crippen LogP contribution in [0.2, 0.25) is 0 Å². The van der Waals surface area contributed by atoms with Crippen LogP contribution in [0.5, 0.6) is 5.75 Å². The number of likely N-dealkylation sites (N-methyl/N-ethyl adjacent to an activating group) is 1. The highest BCUT2D eigenvalue weighted by Gasteiger charge is 2.32. The summed E-state index contributed by atoms with van der Waals surface area (Å²) in [5.41, 5.74) is -0.461. The van der Waals surface area contributed by atoms with Crippen molar-refractivity contribution in [3.63, 3.8) is 0 Å². The molecule has 0 radical (unpaired) electrons. The molecule has 0 aliphatic carbocycles. The number of hydrogen-bond acceptors (Lipinski definition) is 8. The van der Waals surface area contributed by atoms with Crippen LogP contribution in [0.3, 0.4) is 0 Å². The molecule has 1 aliphatic heterocycles. The second kappa shape index (κ2) is 16.8. The number of fused-ring (bicyclic) bond motifs is 1. The van der Waals surface area contributed by atoms with Crippen LogP contribution in [0.25, 0.3) is 0 Å². The molecule has 0 saturated carbocycles. The number of amides is 3. The maximum absolute atomic E-state index is 14.3. The van der Waals surface area contributed by atoms with Crippen molar-refractivity contribution in [1.29, 1.82) is 0 Å². The average Bonchev–Trinajstić information content (AvgIpc) is 3.53. The van der Waals surface area contributed by atoms with Gasteiger partial charge in [0.1, 0.15) is 5.75 Å². The summed E-state index contributed by atoms with van der Waals surface area (Å²) in [6.45, 7) is 5.52. The van der Waals surface area contributed by atoms with Crippen molar-refractivity contribution < 1.29 is 45.8 Å². The van der Waals surface area contributed by atoms with Crippen LogP contribution in [0.15, 0.2) is 60.0 Å². The number of aliphatic hydroxyl groups is 1. The molecule has 0 saturated heterocycles. The van der Waals surface area contributed by atoms with E-state index in [0.717, 1.165) is 18.6 Å². The number of ether oxygens (including phenoxy) is 2. The molecule has 0 fully saturated rings. The largest absolute Gasteiger partial charge is 0.490 e. The molecule has 0 bridgehead atoms. The number of imidazole rings is 1. The first kappa shape index (κ1) is 39.4. The van der Waals surface area contributed by atoms with Gasteiger partial charge in [0, 0.05) is 57.3 Å². The molecule has 51 heavy (non-hydrogen) atoms. The highest BCUT2D eigenvalue weighted by molar-refractivity contribution is 7.92. The normalized spacial score (nSPS) is 20.1. The van der Waals surface area contributed by atoms with E-state index >= 15 is 0 Å². The van der Waals surface area contributed by atoms with Crippen molar-refractivity contribution in [3.05, 3.63) is 66.1 Å². The smallest absolute Gasteiger partial charge is 0.416 e. The number of benzene rings is 2. The Kier molecular flexibility index (Phi) is 13.0. The van der Waals surface area contributed by atoms with Crippen molar-refractivity contribution in [2.45, 2.75) is 69.5 Å². The van der Waals surface area contributed by atoms with Crippen LogP contribution in [-0.2, 0) is 28.0 Å². The van der Waals surface area contributed by atoms with Crippen molar-refractivity contribution in [1.82, 2.24) is 19.4 Å². The topological polar surface area (TPSA) is 155 Å². The third-order valence-corrected chi connectivity index (χ3v) is 9.79. The van der Waals surface area contributed by atoms with Crippen LogP contribution in [-0.4, -0.2) is 96.4 Å². The lowest BCUT2D eigenvalue weighted by Gasteiger charge is -2.35. The molecule has 2 heterocycles. The predicted molar refractivity (Wildman–Crippen MR) is 184 cm³/mol. The highest BCUT2D eigenvalue weighted by atomic mass is 32.2. The fraction of sp³-hybridized carbons (Fsp3) is 0.500. The SMILES string of the molecule is C[C@@H]1CCCCO[C@H](CN(C)C(=O)Nc2ccc(C(F)(F)F)cc2)[C@H](C)CN([C@H](C)CO)C(=O)c2cc(NS(=O)(=O)c3cn(C)cn3)ccc2O1. The molecule has 13 nitrogen and oxygen atoms in total. The van der Waals surface area contributed by atoms with Crippen LogP contribution >= 0.6 is 0 Å². The molecule has 0 unspecified atom stereocenters. The summed E-state index contributed by atoms with van der Waals surface area (Å²) >= 11 is 0. The summed E-state index contributed by atoms with van der Waals surface area (Å²) in [7, 11) is -0.912. The third-order valence-electron chi connectivity index (χ3n) is 8.52. The van der Waals surface area contributed by atoms with Crippen LogP contribution in [0.4, 0.5) is 29.3 Å². The number of halogens is 3. The lowest BCUT2D eigenvalue weighted by atomic mass is 10.0. The Hall–Kier alpha value is -4.35. The fourth-order valence-corrected chi connectivity index (χ4v) is 6.53. The summed E-state index contributed by atoms with van der Waals surface area (Å²) in [6, 6.07) is 7.30. The van der Waals surface area contributed by atoms with Gasteiger partial charge in [0.2, 0.25) is 0 Å². The Balaban J connectivity index is 1.59. The zero-order valence-corrected chi connectivity index (χ0v) is 30.0. The molecule has 3 N–H and O–H groups in total. The van der Waals surface area contributed by atoms with Gasteiger partial charge in [-0.05, 0) is 75.6 Å². The molecule has 17 heteroatoms. The van der Waals surface area contributed by atoms with Crippen molar-refractivity contribution >= 4 is 33.3 Å². The van der Waals surface area contributed by atoms with Crippen molar-refractivity contribution in [2.75, 3.05) is 43.4 Å². The number of nitrogens with one attached hydrogen (secondary N) is 2. The number of carbonyl (C=O) groups excluding carboxylic acids is 2. The predicted octanol–water partition coefficient (Wildman–Crippen LogP) is 5.20. The van der Waals surface area contributed by atoms with Crippen LogP contribution in [0.1, 0.15) is 56.0 Å². The Morgan fingerprint density at radius 3 is 2.45 bits per heavy atom. The number of sulfonamides is 1. The van der Waals surface area contributed by atoms with Crippen molar-refractivity contribution in [3.8, 4) is 5.75 Å². The maximum atomic E-state index is 14.3. The zero-order valence-electron chi connectivity index (χ0n) is 29.2. The zero-order chi connectivity index (χ0) is 37.5. The maximum Gasteiger partial charge on any atom is 0.416 e. The van der Waals surface area contributed by atoms with E-state index in [1.807, 2.05) is 13.8 Å². The summed E-state index contributed by atoms with van der Waals surface area (Å²) in [5.74, 6) is -0.657. The minimum atomic E-state index is -4.51. The fourth-order valence-electron chi connectivity index (χ4n) is 5.50.